The van der Waals surface area contributed by atoms with Gasteiger partial charge < -0.3 is 5.73 Å². The van der Waals surface area contributed by atoms with Crippen molar-refractivity contribution < 1.29 is 8.42 Å². The normalized spacial score (nSPS) is 26.8. The molecule has 1 aliphatic carbocycles. The van der Waals surface area contributed by atoms with Crippen LogP contribution in [-0.4, -0.2) is 30.7 Å². The highest BCUT2D eigenvalue weighted by atomic mass is 32.2. The first-order valence-electron chi connectivity index (χ1n) is 5.36. The van der Waals surface area contributed by atoms with Crippen LogP contribution in [0.4, 0.5) is 0 Å². The van der Waals surface area contributed by atoms with E-state index in [-0.39, 0.29) is 17.0 Å². The van der Waals surface area contributed by atoms with Crippen molar-refractivity contribution in [3.63, 3.8) is 0 Å². The minimum absolute atomic E-state index is 0.0876. The largest absolute Gasteiger partial charge is 0.326 e. The van der Waals surface area contributed by atoms with Gasteiger partial charge in [-0.25, -0.2) is 13.1 Å². The number of aromatic amines is 1. The number of hydrogen-bond acceptors (Lipinski definition) is 4. The van der Waals surface area contributed by atoms with Crippen molar-refractivity contribution in [3.05, 3.63) is 12.4 Å². The summed E-state index contributed by atoms with van der Waals surface area (Å²) in [5.74, 6) is 0. The molecule has 0 unspecified atom stereocenters. The predicted molar refractivity (Wildman–Crippen MR) is 59.1 cm³/mol. The molecular weight excluding hydrogens is 228 g/mol. The van der Waals surface area contributed by atoms with Crippen LogP contribution in [0.3, 0.4) is 0 Å². The van der Waals surface area contributed by atoms with Crippen LogP contribution in [0.25, 0.3) is 0 Å². The Morgan fingerprint density at radius 2 is 2.19 bits per heavy atom. The van der Waals surface area contributed by atoms with E-state index < -0.39 is 10.0 Å². The van der Waals surface area contributed by atoms with E-state index in [1.165, 1.54) is 12.4 Å². The summed E-state index contributed by atoms with van der Waals surface area (Å²) >= 11 is 0. The highest BCUT2D eigenvalue weighted by Crippen LogP contribution is 2.18. The summed E-state index contributed by atoms with van der Waals surface area (Å²) in [7, 11) is -3.47. The number of rotatable bonds is 3. The zero-order valence-corrected chi connectivity index (χ0v) is 9.70. The van der Waals surface area contributed by atoms with E-state index in [2.05, 4.69) is 14.9 Å². The molecule has 90 valence electrons. The Labute approximate surface area is 94.7 Å². The Morgan fingerprint density at radius 1 is 1.44 bits per heavy atom. The van der Waals surface area contributed by atoms with Gasteiger partial charge in [0.1, 0.15) is 4.90 Å². The van der Waals surface area contributed by atoms with E-state index in [9.17, 15) is 8.42 Å². The summed E-state index contributed by atoms with van der Waals surface area (Å²) in [6, 6.07) is -0.246. The highest BCUT2D eigenvalue weighted by Gasteiger charge is 2.27. The molecule has 1 aromatic heterocycles. The van der Waals surface area contributed by atoms with Crippen LogP contribution in [0, 0.1) is 0 Å². The topological polar surface area (TPSA) is 101 Å². The van der Waals surface area contributed by atoms with E-state index in [0.717, 1.165) is 25.7 Å². The molecule has 0 amide bonds. The van der Waals surface area contributed by atoms with E-state index >= 15 is 0 Å². The fourth-order valence-corrected chi connectivity index (χ4v) is 3.19. The maximum absolute atomic E-state index is 11.9. The molecule has 0 radical (unpaired) electrons. The van der Waals surface area contributed by atoms with Crippen LogP contribution in [0.15, 0.2) is 17.3 Å². The van der Waals surface area contributed by atoms with Crippen molar-refractivity contribution >= 4 is 10.0 Å². The molecule has 0 bridgehead atoms. The first-order valence-corrected chi connectivity index (χ1v) is 6.84. The van der Waals surface area contributed by atoms with Gasteiger partial charge in [0.05, 0.1) is 6.20 Å². The molecule has 16 heavy (non-hydrogen) atoms. The maximum Gasteiger partial charge on any atom is 0.243 e. The minimum atomic E-state index is -3.47. The van der Waals surface area contributed by atoms with Gasteiger partial charge in [-0.3, -0.25) is 5.10 Å². The number of sulfonamides is 1. The third-order valence-corrected chi connectivity index (χ3v) is 4.37. The Hall–Kier alpha value is -0.920. The number of nitrogens with two attached hydrogens (primary N) is 1. The molecule has 2 rings (SSSR count). The second-order valence-corrected chi connectivity index (χ2v) is 5.82. The molecular formula is C9H16N4O2S. The van der Waals surface area contributed by atoms with Crippen LogP contribution in [0.5, 0.6) is 0 Å². The quantitative estimate of drug-likeness (QED) is 0.694. The summed E-state index contributed by atoms with van der Waals surface area (Å²) in [6.45, 7) is 0. The summed E-state index contributed by atoms with van der Waals surface area (Å²) in [5, 5.41) is 6.11. The summed E-state index contributed by atoms with van der Waals surface area (Å²) < 4.78 is 26.4. The minimum Gasteiger partial charge on any atom is -0.326 e. The lowest BCUT2D eigenvalue weighted by molar-refractivity contribution is 0.361. The van der Waals surface area contributed by atoms with Crippen molar-refractivity contribution in [1.82, 2.24) is 14.9 Å². The van der Waals surface area contributed by atoms with E-state index in [1.807, 2.05) is 0 Å². The van der Waals surface area contributed by atoms with Crippen molar-refractivity contribution in [2.75, 3.05) is 0 Å². The molecule has 7 heteroatoms. The molecule has 0 saturated heterocycles. The predicted octanol–water partition coefficient (Wildman–Crippen LogP) is -0.0421. The Balaban J connectivity index is 2.09. The van der Waals surface area contributed by atoms with Crippen molar-refractivity contribution in [1.29, 1.82) is 0 Å². The Morgan fingerprint density at radius 3 is 2.81 bits per heavy atom. The third-order valence-electron chi connectivity index (χ3n) is 2.91. The lowest BCUT2D eigenvalue weighted by atomic mass is 9.92. The lowest BCUT2D eigenvalue weighted by Crippen LogP contribution is -2.49. The standard InChI is InChI=1S/C9H16N4O2S/c10-8-3-1-2-4-9(8)13-16(14,15)7-5-11-12-6-7/h5-6,8-9,13H,1-4,10H2,(H,11,12)/t8-,9-/m1/s1. The van der Waals surface area contributed by atoms with Gasteiger partial charge in [0.15, 0.2) is 0 Å². The molecule has 0 aliphatic heterocycles. The summed E-state index contributed by atoms with van der Waals surface area (Å²) in [5.41, 5.74) is 5.89. The smallest absolute Gasteiger partial charge is 0.243 e. The molecule has 4 N–H and O–H groups in total. The SMILES string of the molecule is N[C@@H]1CCCC[C@H]1NS(=O)(=O)c1cn[nH]c1. The number of nitrogens with one attached hydrogen (secondary N) is 2. The number of H-pyrrole nitrogens is 1. The third kappa shape index (κ3) is 2.42. The summed E-state index contributed by atoms with van der Waals surface area (Å²) in [6.07, 6.45) is 6.42. The zero-order chi connectivity index (χ0) is 11.6. The second kappa shape index (κ2) is 4.52. The van der Waals surface area contributed by atoms with Gasteiger partial charge in [0.2, 0.25) is 10.0 Å². The molecule has 1 aliphatic rings. The first kappa shape index (κ1) is 11.6. The van der Waals surface area contributed by atoms with Gasteiger partial charge in [-0.15, -0.1) is 0 Å². The van der Waals surface area contributed by atoms with Gasteiger partial charge in [0.25, 0.3) is 0 Å². The van der Waals surface area contributed by atoms with Crippen molar-refractivity contribution in [2.24, 2.45) is 5.73 Å². The van der Waals surface area contributed by atoms with E-state index in [4.69, 9.17) is 5.73 Å². The average Bonchev–Trinajstić information content (AvgIpc) is 2.75. The van der Waals surface area contributed by atoms with Crippen molar-refractivity contribution in [2.45, 2.75) is 42.7 Å². The summed E-state index contributed by atoms with van der Waals surface area (Å²) in [4.78, 5) is 0.158. The van der Waals surface area contributed by atoms with Crippen LogP contribution in [-0.2, 0) is 10.0 Å². The fraction of sp³-hybridized carbons (Fsp3) is 0.667. The van der Waals surface area contributed by atoms with E-state index in [0.29, 0.717) is 0 Å². The highest BCUT2D eigenvalue weighted by molar-refractivity contribution is 7.89. The molecule has 2 atom stereocenters. The molecule has 1 heterocycles. The van der Waals surface area contributed by atoms with Crippen LogP contribution in [0.1, 0.15) is 25.7 Å². The fourth-order valence-electron chi connectivity index (χ4n) is 1.96. The molecule has 0 spiro atoms. The van der Waals surface area contributed by atoms with Crippen LogP contribution >= 0.6 is 0 Å². The Bertz CT molecular complexity index is 428. The molecule has 0 aromatic carbocycles. The van der Waals surface area contributed by atoms with Gasteiger partial charge >= 0.3 is 0 Å². The van der Waals surface area contributed by atoms with Crippen molar-refractivity contribution in [3.8, 4) is 0 Å². The van der Waals surface area contributed by atoms with Crippen LogP contribution < -0.4 is 10.5 Å². The first-order chi connectivity index (χ1) is 7.59. The number of aromatic nitrogens is 2. The Kier molecular flexibility index (Phi) is 3.27. The number of hydrogen-bond donors (Lipinski definition) is 3. The average molecular weight is 244 g/mol. The van der Waals surface area contributed by atoms with Crippen LogP contribution in [0.2, 0.25) is 0 Å². The molecule has 1 aromatic rings. The maximum atomic E-state index is 11.9. The molecule has 1 saturated carbocycles. The lowest BCUT2D eigenvalue weighted by Gasteiger charge is -2.28. The van der Waals surface area contributed by atoms with Gasteiger partial charge in [-0.05, 0) is 12.8 Å². The number of nitrogens with zero attached hydrogens (tertiary/aromatic N) is 1. The van der Waals surface area contributed by atoms with Gasteiger partial charge in [0, 0.05) is 18.3 Å². The van der Waals surface area contributed by atoms with E-state index in [1.54, 1.807) is 0 Å². The monoisotopic (exact) mass is 244 g/mol. The van der Waals surface area contributed by atoms with Gasteiger partial charge in [-0.1, -0.05) is 12.8 Å². The molecule has 1 fully saturated rings. The second-order valence-electron chi connectivity index (χ2n) is 4.11. The van der Waals surface area contributed by atoms with Gasteiger partial charge in [-0.2, -0.15) is 5.10 Å². The molecule has 6 nitrogen and oxygen atoms in total. The zero-order valence-electron chi connectivity index (χ0n) is 8.89.